The Morgan fingerprint density at radius 2 is 2.00 bits per heavy atom. The summed E-state index contributed by atoms with van der Waals surface area (Å²) in [5.74, 6) is -0.602. The molecule has 0 radical (unpaired) electrons. The van der Waals surface area contributed by atoms with E-state index in [4.69, 9.17) is 9.15 Å². The van der Waals surface area contributed by atoms with Gasteiger partial charge in [-0.05, 0) is 19.1 Å². The van der Waals surface area contributed by atoms with E-state index < -0.39 is 5.97 Å². The number of ether oxygens (including phenoxy) is 2. The maximum Gasteiger partial charge on any atom is 0.373 e. The minimum absolute atomic E-state index is 0.0299. The van der Waals surface area contributed by atoms with Gasteiger partial charge < -0.3 is 13.9 Å². The summed E-state index contributed by atoms with van der Waals surface area (Å²) in [5, 5.41) is 0. The number of esters is 1. The summed E-state index contributed by atoms with van der Waals surface area (Å²) in [4.78, 5) is 22.6. The lowest BCUT2D eigenvalue weighted by atomic mass is 10.2. The van der Waals surface area contributed by atoms with E-state index in [1.807, 2.05) is 6.92 Å². The van der Waals surface area contributed by atoms with Crippen molar-refractivity contribution in [2.45, 2.75) is 13.3 Å². The van der Waals surface area contributed by atoms with Gasteiger partial charge in [-0.1, -0.05) is 0 Å². The predicted octanol–water partition coefficient (Wildman–Crippen LogP) is 1.68. The van der Waals surface area contributed by atoms with E-state index in [0.29, 0.717) is 13.2 Å². The third-order valence-corrected chi connectivity index (χ3v) is 1.94. The Balaban J connectivity index is 2.56. The highest BCUT2D eigenvalue weighted by Gasteiger charge is 2.15. The maximum absolute atomic E-state index is 11.5. The fourth-order valence-electron chi connectivity index (χ4n) is 1.13. The number of hydrogen-bond donors (Lipinski definition) is 0. The number of furan rings is 1. The summed E-state index contributed by atoms with van der Waals surface area (Å²) >= 11 is 0. The quantitative estimate of drug-likeness (QED) is 0.419. The number of Topliss-reactive ketones (excluding diaryl/α,β-unsaturated/α-hetero) is 1. The van der Waals surface area contributed by atoms with Crippen molar-refractivity contribution in [3.8, 4) is 0 Å². The van der Waals surface area contributed by atoms with E-state index >= 15 is 0 Å². The summed E-state index contributed by atoms with van der Waals surface area (Å²) in [6.07, 6.45) is 0.238. The van der Waals surface area contributed by atoms with E-state index in [1.54, 1.807) is 0 Å². The van der Waals surface area contributed by atoms with E-state index in [0.717, 1.165) is 0 Å². The van der Waals surface area contributed by atoms with Crippen molar-refractivity contribution in [2.24, 2.45) is 0 Å². The smallest absolute Gasteiger partial charge is 0.373 e. The van der Waals surface area contributed by atoms with E-state index in [2.05, 4.69) is 4.74 Å². The predicted molar refractivity (Wildman–Crippen MR) is 55.5 cm³/mol. The van der Waals surface area contributed by atoms with Crippen LogP contribution in [0.5, 0.6) is 0 Å². The van der Waals surface area contributed by atoms with Gasteiger partial charge in [0.15, 0.2) is 11.5 Å². The van der Waals surface area contributed by atoms with Crippen molar-refractivity contribution in [2.75, 3.05) is 20.3 Å². The van der Waals surface area contributed by atoms with Crippen LogP contribution in [0, 0.1) is 0 Å². The largest absolute Gasteiger partial charge is 0.463 e. The summed E-state index contributed by atoms with van der Waals surface area (Å²) in [5.41, 5.74) is 0. The Bertz CT molecular complexity index is 366. The standard InChI is InChI=1S/C11H14O5/c1-3-15-7-6-8(12)9-4-5-10(16-9)11(13)14-2/h4-5H,3,6-7H2,1-2H3. The van der Waals surface area contributed by atoms with Crippen LogP contribution in [0.25, 0.3) is 0 Å². The van der Waals surface area contributed by atoms with Crippen molar-refractivity contribution < 1.29 is 23.5 Å². The zero-order valence-electron chi connectivity index (χ0n) is 9.32. The minimum Gasteiger partial charge on any atom is -0.463 e. The molecule has 0 atom stereocenters. The number of hydrogen-bond acceptors (Lipinski definition) is 5. The highest BCUT2D eigenvalue weighted by atomic mass is 16.5. The van der Waals surface area contributed by atoms with Crippen LogP contribution in [0.4, 0.5) is 0 Å². The molecular formula is C11H14O5. The van der Waals surface area contributed by atoms with Crippen molar-refractivity contribution in [1.82, 2.24) is 0 Å². The molecule has 1 rings (SSSR count). The van der Waals surface area contributed by atoms with E-state index in [1.165, 1.54) is 19.2 Å². The Morgan fingerprint density at radius 3 is 2.62 bits per heavy atom. The van der Waals surface area contributed by atoms with Crippen LogP contribution in [0.3, 0.4) is 0 Å². The molecule has 1 aromatic rings. The molecule has 0 saturated heterocycles. The molecule has 0 aliphatic carbocycles. The fourth-order valence-corrected chi connectivity index (χ4v) is 1.13. The third kappa shape index (κ3) is 3.20. The van der Waals surface area contributed by atoms with Gasteiger partial charge in [0.2, 0.25) is 5.76 Å². The van der Waals surface area contributed by atoms with Gasteiger partial charge in [0.25, 0.3) is 0 Å². The Labute approximate surface area is 93.3 Å². The average molecular weight is 226 g/mol. The molecule has 0 spiro atoms. The molecule has 88 valence electrons. The summed E-state index contributed by atoms with van der Waals surface area (Å²) in [7, 11) is 1.25. The Morgan fingerprint density at radius 1 is 1.31 bits per heavy atom. The van der Waals surface area contributed by atoms with Gasteiger partial charge in [-0.3, -0.25) is 4.79 Å². The van der Waals surface area contributed by atoms with Crippen molar-refractivity contribution in [3.05, 3.63) is 23.7 Å². The van der Waals surface area contributed by atoms with Gasteiger partial charge >= 0.3 is 5.97 Å². The SMILES string of the molecule is CCOCCC(=O)c1ccc(C(=O)OC)o1. The molecule has 0 bridgehead atoms. The van der Waals surface area contributed by atoms with Gasteiger partial charge in [-0.25, -0.2) is 4.79 Å². The molecule has 0 unspecified atom stereocenters. The van der Waals surface area contributed by atoms with Crippen LogP contribution >= 0.6 is 0 Å². The minimum atomic E-state index is -0.594. The van der Waals surface area contributed by atoms with Gasteiger partial charge in [0.1, 0.15) is 0 Å². The molecular weight excluding hydrogens is 212 g/mol. The molecule has 0 saturated carbocycles. The first-order valence-electron chi connectivity index (χ1n) is 4.98. The number of methoxy groups -OCH3 is 1. The topological polar surface area (TPSA) is 65.7 Å². The lowest BCUT2D eigenvalue weighted by molar-refractivity contribution is 0.0562. The second-order valence-corrected chi connectivity index (χ2v) is 3.03. The van der Waals surface area contributed by atoms with Crippen LogP contribution in [-0.2, 0) is 9.47 Å². The molecule has 16 heavy (non-hydrogen) atoms. The van der Waals surface area contributed by atoms with Crippen LogP contribution in [-0.4, -0.2) is 32.1 Å². The van der Waals surface area contributed by atoms with Gasteiger partial charge in [-0.15, -0.1) is 0 Å². The monoisotopic (exact) mass is 226 g/mol. The number of carbonyl (C=O) groups excluding carboxylic acids is 2. The first-order valence-corrected chi connectivity index (χ1v) is 4.98. The number of ketones is 1. The summed E-state index contributed by atoms with van der Waals surface area (Å²) < 4.78 is 14.6. The lowest BCUT2D eigenvalue weighted by Crippen LogP contribution is -2.04. The van der Waals surface area contributed by atoms with Crippen molar-refractivity contribution in [3.63, 3.8) is 0 Å². The van der Waals surface area contributed by atoms with Gasteiger partial charge in [0.05, 0.1) is 13.7 Å². The Hall–Kier alpha value is -1.62. The van der Waals surface area contributed by atoms with Crippen LogP contribution in [0.2, 0.25) is 0 Å². The molecule has 5 nitrogen and oxygen atoms in total. The highest BCUT2D eigenvalue weighted by molar-refractivity contribution is 5.95. The second-order valence-electron chi connectivity index (χ2n) is 3.03. The molecule has 5 heteroatoms. The first kappa shape index (κ1) is 12.4. The molecule has 1 aromatic heterocycles. The van der Waals surface area contributed by atoms with E-state index in [9.17, 15) is 9.59 Å². The Kier molecular flexibility index (Phi) is 4.72. The summed E-state index contributed by atoms with van der Waals surface area (Å²) in [6, 6.07) is 2.88. The van der Waals surface area contributed by atoms with Crippen molar-refractivity contribution in [1.29, 1.82) is 0 Å². The van der Waals surface area contributed by atoms with Crippen LogP contribution in [0.15, 0.2) is 16.5 Å². The van der Waals surface area contributed by atoms with Crippen molar-refractivity contribution >= 4 is 11.8 Å². The summed E-state index contributed by atoms with van der Waals surface area (Å²) in [6.45, 7) is 2.77. The molecule has 0 aromatic carbocycles. The van der Waals surface area contributed by atoms with Crippen LogP contribution in [0.1, 0.15) is 34.5 Å². The molecule has 1 heterocycles. The first-order chi connectivity index (χ1) is 7.69. The average Bonchev–Trinajstić information content (AvgIpc) is 2.77. The van der Waals surface area contributed by atoms with Crippen LogP contribution < -0.4 is 0 Å². The molecule has 0 N–H and O–H groups in total. The van der Waals surface area contributed by atoms with E-state index in [-0.39, 0.29) is 23.7 Å². The molecule has 0 fully saturated rings. The highest BCUT2D eigenvalue weighted by Crippen LogP contribution is 2.11. The molecule has 0 amide bonds. The third-order valence-electron chi connectivity index (χ3n) is 1.94. The number of rotatable bonds is 6. The molecule has 0 aliphatic rings. The molecule has 0 aliphatic heterocycles. The lowest BCUT2D eigenvalue weighted by Gasteiger charge is -1.98. The second kappa shape index (κ2) is 6.07. The zero-order valence-corrected chi connectivity index (χ0v) is 9.32. The maximum atomic E-state index is 11.5. The fraction of sp³-hybridized carbons (Fsp3) is 0.455. The van der Waals surface area contributed by atoms with Gasteiger partial charge in [0, 0.05) is 13.0 Å². The normalized spacial score (nSPS) is 10.1. The zero-order chi connectivity index (χ0) is 12.0. The van der Waals surface area contributed by atoms with Gasteiger partial charge in [-0.2, -0.15) is 0 Å². The number of carbonyl (C=O) groups is 2.